The van der Waals surface area contributed by atoms with Gasteiger partial charge < -0.3 is 14.6 Å². The Bertz CT molecular complexity index is 1400. The van der Waals surface area contributed by atoms with E-state index in [0.717, 1.165) is 30.3 Å². The number of carbonyl (C=O) groups excluding carboxylic acids is 1. The van der Waals surface area contributed by atoms with Gasteiger partial charge in [-0.25, -0.2) is 13.8 Å². The summed E-state index contributed by atoms with van der Waals surface area (Å²) >= 11 is 0. The number of carbonyl (C=O) groups is 1. The molecule has 2 aromatic heterocycles. The van der Waals surface area contributed by atoms with E-state index < -0.39 is 17.0 Å². The van der Waals surface area contributed by atoms with Crippen LogP contribution in [0.4, 0.5) is 8.78 Å². The molecule has 3 heterocycles. The number of benzene rings is 1. The van der Waals surface area contributed by atoms with E-state index in [1.165, 1.54) is 24.4 Å². The Morgan fingerprint density at radius 3 is 2.72 bits per heavy atom. The number of nitrogens with zero attached hydrogens (tertiary/aromatic N) is 4. The fourth-order valence-electron chi connectivity index (χ4n) is 6.70. The van der Waals surface area contributed by atoms with Gasteiger partial charge in [-0.3, -0.25) is 9.59 Å². The number of nitrogens with one attached hydrogen (secondary N) is 1. The smallest absolute Gasteiger partial charge is 0.274 e. The molecule has 3 aromatic rings. The van der Waals surface area contributed by atoms with Gasteiger partial charge in [0.2, 0.25) is 0 Å². The minimum absolute atomic E-state index is 0.118. The Morgan fingerprint density at radius 1 is 1.22 bits per heavy atom. The predicted octanol–water partition coefficient (Wildman–Crippen LogP) is 3.20. The van der Waals surface area contributed by atoms with Gasteiger partial charge in [-0.1, -0.05) is 19.9 Å². The van der Waals surface area contributed by atoms with Gasteiger partial charge in [0.05, 0.1) is 35.9 Å². The minimum Gasteiger partial charge on any atom is -0.374 e. The second-order valence-electron chi connectivity index (χ2n) is 10.3. The maximum atomic E-state index is 14.5. The number of rotatable bonds is 3. The summed E-state index contributed by atoms with van der Waals surface area (Å²) in [6, 6.07) is 5.52. The summed E-state index contributed by atoms with van der Waals surface area (Å²) in [6.45, 7) is 5.43. The number of fused-ring (bicyclic) bond motifs is 5. The van der Waals surface area contributed by atoms with E-state index >= 15 is 0 Å². The number of hydrogen-bond donors (Lipinski definition) is 1. The molecular formula is C26H25F2N5O3. The zero-order valence-electron chi connectivity index (χ0n) is 19.9. The number of morpholine rings is 1. The van der Waals surface area contributed by atoms with Crippen molar-refractivity contribution in [3.05, 3.63) is 75.6 Å². The first-order chi connectivity index (χ1) is 17.2. The SMILES string of the molecule is CC1(C)C2CCC1(C1CN(C(=O)c3c[nH]c(=O)cn3)CCO1)c1nnc(-c3c(F)cccc3F)cc12. The Hall–Kier alpha value is -3.53. The van der Waals surface area contributed by atoms with Crippen molar-refractivity contribution in [3.8, 4) is 11.3 Å². The van der Waals surface area contributed by atoms with Crippen molar-refractivity contribution in [2.75, 3.05) is 19.7 Å². The van der Waals surface area contributed by atoms with Crippen LogP contribution in [0.3, 0.4) is 0 Å². The van der Waals surface area contributed by atoms with Crippen molar-refractivity contribution in [3.63, 3.8) is 0 Å². The van der Waals surface area contributed by atoms with E-state index in [9.17, 15) is 18.4 Å². The van der Waals surface area contributed by atoms with Crippen LogP contribution in [0.15, 0.2) is 41.5 Å². The van der Waals surface area contributed by atoms with E-state index in [1.54, 1.807) is 11.0 Å². The predicted molar refractivity (Wildman–Crippen MR) is 125 cm³/mol. The number of H-pyrrole nitrogens is 1. The van der Waals surface area contributed by atoms with Crippen LogP contribution in [0.25, 0.3) is 11.3 Å². The molecule has 8 nitrogen and oxygen atoms in total. The van der Waals surface area contributed by atoms with E-state index in [-0.39, 0.29) is 45.9 Å². The lowest BCUT2D eigenvalue weighted by atomic mass is 9.64. The zero-order chi connectivity index (χ0) is 25.2. The lowest BCUT2D eigenvalue weighted by molar-refractivity contribution is -0.0842. The summed E-state index contributed by atoms with van der Waals surface area (Å²) in [5, 5.41) is 8.83. The monoisotopic (exact) mass is 493 g/mol. The molecule has 0 radical (unpaired) electrons. The van der Waals surface area contributed by atoms with E-state index in [2.05, 4.69) is 34.0 Å². The molecule has 2 fully saturated rings. The summed E-state index contributed by atoms with van der Waals surface area (Å²) in [7, 11) is 0. The van der Waals surface area contributed by atoms with Gasteiger partial charge in [-0.05, 0) is 47.9 Å². The number of hydrogen-bond acceptors (Lipinski definition) is 6. The maximum Gasteiger partial charge on any atom is 0.274 e. The molecule has 1 saturated carbocycles. The topological polar surface area (TPSA) is 101 Å². The molecule has 1 saturated heterocycles. The van der Waals surface area contributed by atoms with Gasteiger partial charge in [0.1, 0.15) is 17.3 Å². The first-order valence-electron chi connectivity index (χ1n) is 12.0. The Labute approximate surface area is 205 Å². The van der Waals surface area contributed by atoms with Crippen LogP contribution in [-0.4, -0.2) is 56.8 Å². The third-order valence-corrected chi connectivity index (χ3v) is 8.48. The van der Waals surface area contributed by atoms with Gasteiger partial charge in [-0.15, -0.1) is 0 Å². The summed E-state index contributed by atoms with van der Waals surface area (Å²) in [6.07, 6.45) is 3.75. The summed E-state index contributed by atoms with van der Waals surface area (Å²) in [4.78, 5) is 32.7. The molecule has 3 atom stereocenters. The molecule has 1 aliphatic heterocycles. The summed E-state index contributed by atoms with van der Waals surface area (Å²) < 4.78 is 35.3. The van der Waals surface area contributed by atoms with Crippen molar-refractivity contribution >= 4 is 5.91 Å². The molecule has 1 amide bonds. The molecule has 3 unspecified atom stereocenters. The molecule has 36 heavy (non-hydrogen) atoms. The largest absolute Gasteiger partial charge is 0.374 e. The lowest BCUT2D eigenvalue weighted by Gasteiger charge is -2.47. The van der Waals surface area contributed by atoms with Gasteiger partial charge in [-0.2, -0.15) is 10.2 Å². The fourth-order valence-corrected chi connectivity index (χ4v) is 6.70. The van der Waals surface area contributed by atoms with Crippen molar-refractivity contribution in [2.24, 2.45) is 5.41 Å². The van der Waals surface area contributed by atoms with Crippen LogP contribution in [0.1, 0.15) is 54.4 Å². The number of aromatic nitrogens is 4. The third kappa shape index (κ3) is 3.09. The van der Waals surface area contributed by atoms with E-state index in [0.29, 0.717) is 19.7 Å². The Morgan fingerprint density at radius 2 is 2.00 bits per heavy atom. The molecule has 0 spiro atoms. The van der Waals surface area contributed by atoms with E-state index in [1.807, 2.05) is 0 Å². The second-order valence-corrected chi connectivity index (χ2v) is 10.3. The molecule has 2 aliphatic carbocycles. The quantitative estimate of drug-likeness (QED) is 0.602. The van der Waals surface area contributed by atoms with Crippen LogP contribution in [0, 0.1) is 17.0 Å². The van der Waals surface area contributed by atoms with Crippen LogP contribution in [0.5, 0.6) is 0 Å². The highest BCUT2D eigenvalue weighted by Crippen LogP contribution is 2.69. The Balaban J connectivity index is 1.38. The number of aromatic amines is 1. The molecular weight excluding hydrogens is 468 g/mol. The Kier molecular flexibility index (Phi) is 5.08. The van der Waals surface area contributed by atoms with Crippen LogP contribution in [0.2, 0.25) is 0 Å². The first kappa shape index (κ1) is 22.9. The van der Waals surface area contributed by atoms with Crippen molar-refractivity contribution in [2.45, 2.75) is 44.1 Å². The molecule has 1 aromatic carbocycles. The highest BCUT2D eigenvalue weighted by molar-refractivity contribution is 5.92. The molecule has 186 valence electrons. The molecule has 6 rings (SSSR count). The molecule has 10 heteroatoms. The van der Waals surface area contributed by atoms with Crippen molar-refractivity contribution in [1.82, 2.24) is 25.1 Å². The average molecular weight is 494 g/mol. The summed E-state index contributed by atoms with van der Waals surface area (Å²) in [5.41, 5.74) is 0.723. The van der Waals surface area contributed by atoms with Gasteiger partial charge in [0.15, 0.2) is 0 Å². The van der Waals surface area contributed by atoms with Crippen molar-refractivity contribution in [1.29, 1.82) is 0 Å². The van der Waals surface area contributed by atoms with Gasteiger partial charge in [0, 0.05) is 24.7 Å². The minimum atomic E-state index is -0.679. The fraction of sp³-hybridized carbons (Fsp3) is 0.423. The number of ether oxygens (including phenoxy) is 1. The van der Waals surface area contributed by atoms with Gasteiger partial charge >= 0.3 is 0 Å². The van der Waals surface area contributed by atoms with E-state index in [4.69, 9.17) is 4.74 Å². The number of amides is 1. The van der Waals surface area contributed by atoms with Gasteiger partial charge in [0.25, 0.3) is 11.5 Å². The van der Waals surface area contributed by atoms with Crippen LogP contribution < -0.4 is 5.56 Å². The number of halogens is 2. The molecule has 1 N–H and O–H groups in total. The lowest BCUT2D eigenvalue weighted by Crippen LogP contribution is -2.57. The maximum absolute atomic E-state index is 14.5. The zero-order valence-corrected chi connectivity index (χ0v) is 19.9. The summed E-state index contributed by atoms with van der Waals surface area (Å²) in [5.74, 6) is -1.52. The molecule has 3 aliphatic rings. The standard InChI is InChI=1S/C26H25F2N5O3/c1-25(2)15-6-7-26(25,20-13-33(8-9-36-20)24(35)19-11-30-21(34)12-29-19)23-14(15)10-18(31-32-23)22-16(27)4-3-5-17(22)28/h3-5,10-12,15,20H,6-9,13H2,1-2H3,(H,30,34). The van der Waals surface area contributed by atoms with Crippen molar-refractivity contribution < 1.29 is 18.3 Å². The van der Waals surface area contributed by atoms with Crippen LogP contribution in [-0.2, 0) is 10.2 Å². The average Bonchev–Trinajstić information content (AvgIpc) is 3.25. The normalized spacial score (nSPS) is 26.2. The highest BCUT2D eigenvalue weighted by Gasteiger charge is 2.67. The highest BCUT2D eigenvalue weighted by atomic mass is 19.1. The van der Waals surface area contributed by atoms with Crippen LogP contribution >= 0.6 is 0 Å². The second kappa shape index (κ2) is 7.99. The molecule has 2 bridgehead atoms. The third-order valence-electron chi connectivity index (χ3n) is 8.48. The first-order valence-corrected chi connectivity index (χ1v) is 12.0.